The molecule has 12 nitrogen and oxygen atoms in total. The summed E-state index contributed by atoms with van der Waals surface area (Å²) in [5.74, 6) is -2.54. The Kier molecular flexibility index (Phi) is 8.98. The van der Waals surface area contributed by atoms with Crippen molar-refractivity contribution in [3.8, 4) is 0 Å². The van der Waals surface area contributed by atoms with Crippen molar-refractivity contribution >= 4 is 23.9 Å². The molecule has 8 atom stereocenters. The molecule has 2 aromatic rings. The minimum Gasteiger partial charge on any atom is -0.478 e. The molecule has 0 radical (unpaired) electrons. The Hall–Kier alpha value is -4.68. The van der Waals surface area contributed by atoms with Crippen LogP contribution in [0.25, 0.3) is 0 Å². The second kappa shape index (κ2) is 13.1. The van der Waals surface area contributed by atoms with Crippen LogP contribution >= 0.6 is 0 Å². The monoisotopic (exact) mass is 716 g/mol. The summed E-state index contributed by atoms with van der Waals surface area (Å²) in [5.41, 5.74) is 0.0236. The predicted octanol–water partition coefficient (Wildman–Crippen LogP) is 6.59. The van der Waals surface area contributed by atoms with E-state index in [0.717, 1.165) is 11.1 Å². The zero-order valence-electron chi connectivity index (χ0n) is 29.8. The zero-order valence-corrected chi connectivity index (χ0v) is 29.8. The summed E-state index contributed by atoms with van der Waals surface area (Å²) in [4.78, 5) is 52.3. The number of hydrogen-bond acceptors (Lipinski definition) is 11. The van der Waals surface area contributed by atoms with E-state index >= 15 is 0 Å². The molecule has 0 saturated carbocycles. The number of epoxide rings is 1. The lowest BCUT2D eigenvalue weighted by atomic mass is 9.87. The van der Waals surface area contributed by atoms with Gasteiger partial charge in [0.25, 0.3) is 0 Å². The van der Waals surface area contributed by atoms with Gasteiger partial charge in [-0.2, -0.15) is 0 Å². The van der Waals surface area contributed by atoms with Crippen LogP contribution in [0.1, 0.15) is 122 Å². The highest BCUT2D eigenvalue weighted by Gasteiger charge is 2.57. The molecule has 0 aromatic carbocycles. The highest BCUT2D eigenvalue weighted by atomic mass is 16.6. The Morgan fingerprint density at radius 1 is 0.827 bits per heavy atom. The minimum absolute atomic E-state index is 0.0715. The van der Waals surface area contributed by atoms with E-state index < -0.39 is 53.5 Å². The van der Waals surface area contributed by atoms with Gasteiger partial charge in [0.15, 0.2) is 6.10 Å². The highest BCUT2D eigenvalue weighted by molar-refractivity contribution is 5.92. The van der Waals surface area contributed by atoms with E-state index in [1.54, 1.807) is 12.1 Å². The van der Waals surface area contributed by atoms with E-state index in [1.165, 1.54) is 13.0 Å². The molecule has 276 valence electrons. The van der Waals surface area contributed by atoms with Gasteiger partial charge >= 0.3 is 23.9 Å². The number of aromatic carboxylic acids is 1. The Bertz CT molecular complexity index is 1940. The van der Waals surface area contributed by atoms with Gasteiger partial charge in [-0.3, -0.25) is 0 Å². The van der Waals surface area contributed by atoms with Crippen LogP contribution in [0.5, 0.6) is 0 Å². The van der Waals surface area contributed by atoms with E-state index in [4.69, 9.17) is 27.8 Å². The van der Waals surface area contributed by atoms with Crippen LogP contribution in [-0.2, 0) is 41.4 Å². The topological polar surface area (TPSA) is 175 Å². The molecule has 2 aromatic heterocycles. The first kappa shape index (κ1) is 35.7. The van der Waals surface area contributed by atoms with Gasteiger partial charge < -0.3 is 38.0 Å². The van der Waals surface area contributed by atoms with Gasteiger partial charge in [-0.15, -0.1) is 0 Å². The van der Waals surface area contributed by atoms with Gasteiger partial charge in [-0.05, 0) is 89.5 Å². The quantitative estimate of drug-likeness (QED) is 0.147. The molecular weight excluding hydrogens is 672 g/mol. The average molecular weight is 717 g/mol. The summed E-state index contributed by atoms with van der Waals surface area (Å²) >= 11 is 0. The average Bonchev–Trinajstić information content (AvgIpc) is 3.51. The van der Waals surface area contributed by atoms with Gasteiger partial charge in [0, 0.05) is 36.8 Å². The molecule has 0 aliphatic carbocycles. The van der Waals surface area contributed by atoms with E-state index in [9.17, 15) is 29.4 Å². The van der Waals surface area contributed by atoms with Gasteiger partial charge in [-0.1, -0.05) is 24.3 Å². The van der Waals surface area contributed by atoms with Crippen molar-refractivity contribution in [3.05, 3.63) is 93.9 Å². The van der Waals surface area contributed by atoms with Crippen molar-refractivity contribution in [2.75, 3.05) is 0 Å². The van der Waals surface area contributed by atoms with Gasteiger partial charge in [0.1, 0.15) is 63.7 Å². The van der Waals surface area contributed by atoms with Gasteiger partial charge in [-0.25, -0.2) is 19.2 Å². The molecule has 1 saturated heterocycles. The lowest BCUT2D eigenvalue weighted by molar-refractivity contribution is -0.145. The second-order valence-corrected chi connectivity index (χ2v) is 15.5. The fourth-order valence-corrected chi connectivity index (χ4v) is 7.94. The number of rotatable bonds is 5. The molecule has 1 fully saturated rings. The van der Waals surface area contributed by atoms with Crippen LogP contribution in [0.3, 0.4) is 0 Å². The molecule has 0 unspecified atom stereocenters. The first-order chi connectivity index (χ1) is 24.5. The molecule has 52 heavy (non-hydrogen) atoms. The van der Waals surface area contributed by atoms with Crippen LogP contribution < -0.4 is 0 Å². The number of aliphatic hydroxyl groups is 1. The summed E-state index contributed by atoms with van der Waals surface area (Å²) in [6.07, 6.45) is 2.75. The summed E-state index contributed by atoms with van der Waals surface area (Å²) in [6, 6.07) is 2.85. The summed E-state index contributed by atoms with van der Waals surface area (Å²) in [6.45, 7) is 15.3. The number of carboxylic acids is 1. The fourth-order valence-electron chi connectivity index (χ4n) is 7.94. The standard InChI is InChI=1S/C40H44O12/c1-19(2)21-7-9-23-11-25(47-36(23)43)17-39(5,46)33(31-15-27(35(41)42)29(13-21)49-31)51-38(45)28-16-32-34-40(6,52-34)18-26-12-24(37(44)48-26)10-8-22(20(3)4)14-30(28)50-32/h11-12,15-16,21-22,25-26,33-34,46H,1,3,7-10,13-14,17-18H2,2,4-6H3,(H,41,42)/t21-,22-,25+,26-,33+,34-,39-,40-/m0/s1. The maximum atomic E-state index is 14.4. The van der Waals surface area contributed by atoms with Crippen molar-refractivity contribution < 1.29 is 57.2 Å². The fraction of sp³-hybridized carbons (Fsp3) is 0.500. The predicted molar refractivity (Wildman–Crippen MR) is 183 cm³/mol. The Morgan fingerprint density at radius 2 is 1.35 bits per heavy atom. The number of fused-ring (bicyclic) bond motifs is 8. The summed E-state index contributed by atoms with van der Waals surface area (Å²) in [5, 5.41) is 22.2. The Balaban J connectivity index is 1.26. The third-order valence-electron chi connectivity index (χ3n) is 11.1. The first-order valence-electron chi connectivity index (χ1n) is 17.7. The number of esters is 3. The molecule has 5 aliphatic heterocycles. The van der Waals surface area contributed by atoms with E-state index in [1.807, 2.05) is 26.8 Å². The van der Waals surface area contributed by atoms with E-state index in [2.05, 4.69) is 13.2 Å². The van der Waals surface area contributed by atoms with Crippen LogP contribution in [0.2, 0.25) is 0 Å². The largest absolute Gasteiger partial charge is 0.478 e. The van der Waals surface area contributed by atoms with Crippen LogP contribution in [0, 0.1) is 11.8 Å². The second-order valence-electron chi connectivity index (χ2n) is 15.5. The van der Waals surface area contributed by atoms with E-state index in [-0.39, 0.29) is 59.7 Å². The lowest BCUT2D eigenvalue weighted by Crippen LogP contribution is -2.39. The number of ether oxygens (including phenoxy) is 4. The maximum Gasteiger partial charge on any atom is 0.342 e. The van der Waals surface area contributed by atoms with E-state index in [0.29, 0.717) is 54.8 Å². The third kappa shape index (κ3) is 6.81. The lowest BCUT2D eigenvalue weighted by Gasteiger charge is -2.32. The number of hydrogen-bond donors (Lipinski definition) is 2. The molecule has 7 rings (SSSR count). The number of carbonyl (C=O) groups is 4. The number of furan rings is 2. The number of carboxylic acid groups (broad SMARTS) is 1. The molecule has 2 N–H and O–H groups in total. The van der Waals surface area contributed by atoms with Crippen LogP contribution in [0.15, 0.2) is 68.6 Å². The van der Waals surface area contributed by atoms with Gasteiger partial charge in [0.2, 0.25) is 0 Å². The third-order valence-corrected chi connectivity index (χ3v) is 11.1. The molecule has 0 amide bonds. The Labute approximate surface area is 301 Å². The molecule has 0 spiro atoms. The SMILES string of the molecule is C=C(C)[C@H]1CCC2=C[C@H](C[C@](C)(O)[C@H](OC(=O)c3cc4oc3C[C@@H](C(=C)C)CCC3=C[C@@H](C[C@]5(C)O[C@@H]45)OC3=O)c3cc(C(=O)O)c(o3)C1)OC2=O. The van der Waals surface area contributed by atoms with Gasteiger partial charge in [0.05, 0.1) is 0 Å². The van der Waals surface area contributed by atoms with Crippen LogP contribution in [-0.4, -0.2) is 57.5 Å². The smallest absolute Gasteiger partial charge is 0.342 e. The minimum atomic E-state index is -1.90. The van der Waals surface area contributed by atoms with Crippen LogP contribution in [0.4, 0.5) is 0 Å². The Morgan fingerprint density at radius 3 is 1.90 bits per heavy atom. The normalized spacial score (nSPS) is 32.8. The molecule has 5 aliphatic rings. The molecule has 7 heterocycles. The molecule has 8 bridgehead atoms. The molecule has 12 heteroatoms. The highest BCUT2D eigenvalue weighted by Crippen LogP contribution is 2.54. The summed E-state index contributed by atoms with van der Waals surface area (Å²) in [7, 11) is 0. The van der Waals surface area contributed by atoms with Crippen molar-refractivity contribution in [1.82, 2.24) is 0 Å². The first-order valence-corrected chi connectivity index (χ1v) is 17.7. The zero-order chi connectivity index (χ0) is 37.3. The van der Waals surface area contributed by atoms with Crippen molar-refractivity contribution in [2.45, 2.75) is 115 Å². The van der Waals surface area contributed by atoms with Crippen molar-refractivity contribution in [3.63, 3.8) is 0 Å². The van der Waals surface area contributed by atoms with Crippen molar-refractivity contribution in [2.24, 2.45) is 11.8 Å². The summed E-state index contributed by atoms with van der Waals surface area (Å²) < 4.78 is 36.0. The number of allylic oxidation sites excluding steroid dienone is 2. The number of carbonyl (C=O) groups excluding carboxylic acids is 3. The maximum absolute atomic E-state index is 14.4. The molecular formula is C40H44O12. The van der Waals surface area contributed by atoms with Crippen molar-refractivity contribution in [1.29, 1.82) is 0 Å².